The van der Waals surface area contributed by atoms with Gasteiger partial charge in [-0.05, 0) is 48.9 Å². The summed E-state index contributed by atoms with van der Waals surface area (Å²) < 4.78 is 25.6. The number of ether oxygens (including phenoxy) is 2. The molecule has 7 heteroatoms. The maximum atomic E-state index is 13.9. The number of hydrogen-bond acceptors (Lipinski definition) is 5. The first-order valence-electron chi connectivity index (χ1n) is 11.2. The Balaban J connectivity index is 1.37. The van der Waals surface area contributed by atoms with Crippen molar-refractivity contribution in [3.63, 3.8) is 0 Å². The monoisotopic (exact) mass is 449 g/mol. The zero-order chi connectivity index (χ0) is 23.0. The van der Waals surface area contributed by atoms with Crippen molar-refractivity contribution in [2.24, 2.45) is 0 Å². The minimum Gasteiger partial charge on any atom is -0.490 e. The highest BCUT2D eigenvalue weighted by atomic mass is 19.1. The summed E-state index contributed by atoms with van der Waals surface area (Å²) in [5.41, 5.74) is 2.25. The van der Waals surface area contributed by atoms with E-state index >= 15 is 0 Å². The molecule has 1 aromatic heterocycles. The van der Waals surface area contributed by atoms with Crippen LogP contribution < -0.4 is 9.47 Å². The summed E-state index contributed by atoms with van der Waals surface area (Å²) in [5.74, 6) is 0.920. The van der Waals surface area contributed by atoms with Crippen molar-refractivity contribution in [1.29, 1.82) is 0 Å². The highest BCUT2D eigenvalue weighted by Crippen LogP contribution is 2.30. The molecule has 4 rings (SSSR count). The molecule has 0 atom stereocenters. The lowest BCUT2D eigenvalue weighted by Crippen LogP contribution is -2.48. The fraction of sp³-hybridized carbons (Fsp3) is 0.308. The zero-order valence-corrected chi connectivity index (χ0v) is 18.7. The normalized spacial score (nSPS) is 14.2. The number of nitrogens with zero attached hydrogens (tertiary/aromatic N) is 3. The molecule has 1 saturated heterocycles. The molecule has 1 amide bonds. The van der Waals surface area contributed by atoms with Crippen LogP contribution in [0, 0.1) is 5.82 Å². The first-order chi connectivity index (χ1) is 16.1. The van der Waals surface area contributed by atoms with Gasteiger partial charge in [-0.1, -0.05) is 18.2 Å². The molecular weight excluding hydrogens is 421 g/mol. The van der Waals surface area contributed by atoms with Crippen molar-refractivity contribution in [2.45, 2.75) is 20.1 Å². The second-order valence-corrected chi connectivity index (χ2v) is 7.90. The highest BCUT2D eigenvalue weighted by Gasteiger charge is 2.23. The van der Waals surface area contributed by atoms with Crippen LogP contribution in [0.15, 0.2) is 67.0 Å². The van der Waals surface area contributed by atoms with Crippen LogP contribution in [-0.2, 0) is 13.2 Å². The van der Waals surface area contributed by atoms with Crippen molar-refractivity contribution < 1.29 is 18.7 Å². The summed E-state index contributed by atoms with van der Waals surface area (Å²) in [6.07, 6.45) is 3.44. The van der Waals surface area contributed by atoms with E-state index in [1.54, 1.807) is 42.7 Å². The van der Waals surface area contributed by atoms with Crippen LogP contribution in [0.1, 0.15) is 28.4 Å². The van der Waals surface area contributed by atoms with Crippen molar-refractivity contribution in [3.8, 4) is 11.5 Å². The van der Waals surface area contributed by atoms with E-state index in [0.717, 1.165) is 5.56 Å². The van der Waals surface area contributed by atoms with Gasteiger partial charge >= 0.3 is 0 Å². The molecule has 0 bridgehead atoms. The minimum absolute atomic E-state index is 0.0396. The van der Waals surface area contributed by atoms with Gasteiger partial charge in [-0.2, -0.15) is 0 Å². The maximum Gasteiger partial charge on any atom is 0.254 e. The maximum absolute atomic E-state index is 13.9. The number of benzene rings is 2. The molecule has 0 aliphatic carbocycles. The van der Waals surface area contributed by atoms with E-state index in [1.165, 1.54) is 6.07 Å². The Morgan fingerprint density at radius 2 is 1.73 bits per heavy atom. The van der Waals surface area contributed by atoms with Crippen LogP contribution in [0.3, 0.4) is 0 Å². The average Bonchev–Trinajstić information content (AvgIpc) is 2.85. The molecule has 2 heterocycles. The lowest BCUT2D eigenvalue weighted by molar-refractivity contribution is 0.0626. The van der Waals surface area contributed by atoms with Gasteiger partial charge in [0.05, 0.1) is 6.61 Å². The van der Waals surface area contributed by atoms with Crippen LogP contribution >= 0.6 is 0 Å². The zero-order valence-electron chi connectivity index (χ0n) is 18.7. The van der Waals surface area contributed by atoms with E-state index in [9.17, 15) is 9.18 Å². The van der Waals surface area contributed by atoms with E-state index in [2.05, 4.69) is 9.88 Å². The van der Waals surface area contributed by atoms with Crippen molar-refractivity contribution >= 4 is 5.91 Å². The number of carbonyl (C=O) groups excluding carboxylic acids is 1. The van der Waals surface area contributed by atoms with E-state index in [4.69, 9.17) is 9.47 Å². The van der Waals surface area contributed by atoms with Crippen LogP contribution in [0.2, 0.25) is 0 Å². The van der Waals surface area contributed by atoms with Crippen LogP contribution in [0.4, 0.5) is 4.39 Å². The Morgan fingerprint density at radius 1 is 0.970 bits per heavy atom. The molecule has 0 spiro atoms. The summed E-state index contributed by atoms with van der Waals surface area (Å²) in [4.78, 5) is 21.1. The molecule has 0 radical (unpaired) electrons. The Morgan fingerprint density at radius 3 is 2.45 bits per heavy atom. The number of amides is 1. The highest BCUT2D eigenvalue weighted by molar-refractivity contribution is 5.95. The lowest BCUT2D eigenvalue weighted by Gasteiger charge is -2.35. The summed E-state index contributed by atoms with van der Waals surface area (Å²) in [7, 11) is 0. The summed E-state index contributed by atoms with van der Waals surface area (Å²) >= 11 is 0. The number of halogens is 1. The van der Waals surface area contributed by atoms with Crippen LogP contribution in [0.5, 0.6) is 11.5 Å². The molecule has 172 valence electrons. The lowest BCUT2D eigenvalue weighted by atomic mass is 10.1. The van der Waals surface area contributed by atoms with Crippen LogP contribution in [0.25, 0.3) is 0 Å². The van der Waals surface area contributed by atoms with Gasteiger partial charge in [-0.3, -0.25) is 14.7 Å². The molecule has 1 aliphatic heterocycles. The SMILES string of the molecule is CCOc1cc(C(=O)N2CCN(Cc3ccccc3F)CC2)ccc1OCc1ccncc1. The van der Waals surface area contributed by atoms with Gasteiger partial charge in [-0.25, -0.2) is 4.39 Å². The number of rotatable bonds is 8. The smallest absolute Gasteiger partial charge is 0.254 e. The number of hydrogen-bond donors (Lipinski definition) is 0. The Hall–Kier alpha value is -3.45. The summed E-state index contributed by atoms with van der Waals surface area (Å²) in [6, 6.07) is 15.9. The van der Waals surface area contributed by atoms with Crippen molar-refractivity contribution in [1.82, 2.24) is 14.8 Å². The average molecular weight is 450 g/mol. The fourth-order valence-corrected chi connectivity index (χ4v) is 3.83. The number of pyridine rings is 1. The first kappa shape index (κ1) is 22.7. The summed E-state index contributed by atoms with van der Waals surface area (Å²) in [6.45, 7) is 5.90. The topological polar surface area (TPSA) is 54.9 Å². The van der Waals surface area contributed by atoms with Gasteiger partial charge in [0, 0.05) is 56.2 Å². The molecule has 0 N–H and O–H groups in total. The third kappa shape index (κ3) is 5.87. The van der Waals surface area contributed by atoms with Gasteiger partial charge < -0.3 is 14.4 Å². The quantitative estimate of drug-likeness (QED) is 0.517. The van der Waals surface area contributed by atoms with Gasteiger partial charge in [0.2, 0.25) is 0 Å². The predicted octanol–water partition coefficient (Wildman–Crippen LogP) is 4.16. The van der Waals surface area contributed by atoms with Gasteiger partial charge in [0.15, 0.2) is 11.5 Å². The fourth-order valence-electron chi connectivity index (χ4n) is 3.83. The van der Waals surface area contributed by atoms with Crippen molar-refractivity contribution in [2.75, 3.05) is 32.8 Å². The molecule has 6 nitrogen and oxygen atoms in total. The summed E-state index contributed by atoms with van der Waals surface area (Å²) in [5, 5.41) is 0. The van der Waals surface area contributed by atoms with E-state index in [1.807, 2.05) is 30.0 Å². The molecule has 1 aliphatic rings. The van der Waals surface area contributed by atoms with E-state index in [0.29, 0.717) is 68.6 Å². The Bertz CT molecular complexity index is 1070. The largest absolute Gasteiger partial charge is 0.490 e. The Labute approximate surface area is 193 Å². The standard InChI is InChI=1S/C26H28FN3O3/c1-2-32-25-17-21(7-8-24(25)33-19-20-9-11-28-12-10-20)26(31)30-15-13-29(14-16-30)18-22-5-3-4-6-23(22)27/h3-12,17H,2,13-16,18-19H2,1H3. The third-order valence-electron chi connectivity index (χ3n) is 5.65. The Kier molecular flexibility index (Phi) is 7.52. The third-order valence-corrected chi connectivity index (χ3v) is 5.65. The van der Waals surface area contributed by atoms with Gasteiger partial charge in [-0.15, -0.1) is 0 Å². The molecule has 2 aromatic carbocycles. The molecule has 0 saturated carbocycles. The number of piperazine rings is 1. The van der Waals surface area contributed by atoms with Crippen molar-refractivity contribution in [3.05, 3.63) is 89.5 Å². The van der Waals surface area contributed by atoms with Gasteiger partial charge in [0.1, 0.15) is 12.4 Å². The van der Waals surface area contributed by atoms with Gasteiger partial charge in [0.25, 0.3) is 5.91 Å². The second kappa shape index (κ2) is 10.9. The molecule has 33 heavy (non-hydrogen) atoms. The van der Waals surface area contributed by atoms with E-state index in [-0.39, 0.29) is 11.7 Å². The molecule has 3 aromatic rings. The number of carbonyl (C=O) groups is 1. The molecule has 0 unspecified atom stereocenters. The van der Waals surface area contributed by atoms with E-state index < -0.39 is 0 Å². The van der Waals surface area contributed by atoms with Crippen LogP contribution in [-0.4, -0.2) is 53.5 Å². The second-order valence-electron chi connectivity index (χ2n) is 7.90. The minimum atomic E-state index is -0.189. The predicted molar refractivity (Wildman–Crippen MR) is 124 cm³/mol. The first-order valence-corrected chi connectivity index (χ1v) is 11.2. The number of aromatic nitrogens is 1. The molecular formula is C26H28FN3O3. The molecule has 1 fully saturated rings.